The first-order valence-corrected chi connectivity index (χ1v) is 7.00. The molecule has 4 nitrogen and oxygen atoms in total. The first-order chi connectivity index (χ1) is 10.1. The van der Waals surface area contributed by atoms with E-state index in [1.807, 2.05) is 0 Å². The van der Waals surface area contributed by atoms with E-state index >= 15 is 0 Å². The maximum Gasteiger partial charge on any atom is 0.412 e. The third-order valence-electron chi connectivity index (χ3n) is 3.21. The monoisotopic (exact) mass is 316 g/mol. The highest BCUT2D eigenvalue weighted by atomic mass is 19.4. The number of carbonyl (C=O) groups excluding carboxylic acids is 1. The highest BCUT2D eigenvalue weighted by molar-refractivity contribution is 5.86. The Hall–Kier alpha value is -1.76. The van der Waals surface area contributed by atoms with Crippen molar-refractivity contribution in [1.29, 1.82) is 0 Å². The van der Waals surface area contributed by atoms with Gasteiger partial charge >= 0.3 is 12.3 Å². The van der Waals surface area contributed by atoms with Crippen molar-refractivity contribution in [3.8, 4) is 0 Å². The SMILES string of the molecule is CC(C)(C)OC(=O)Nc1cccc2c1CCNC2C(F)(F)F. The van der Waals surface area contributed by atoms with Crippen molar-refractivity contribution in [2.24, 2.45) is 0 Å². The van der Waals surface area contributed by atoms with Crippen molar-refractivity contribution in [2.45, 2.75) is 45.0 Å². The average Bonchev–Trinajstić information content (AvgIpc) is 2.35. The third kappa shape index (κ3) is 3.91. The lowest BCUT2D eigenvalue weighted by atomic mass is 9.92. The lowest BCUT2D eigenvalue weighted by molar-refractivity contribution is -0.158. The van der Waals surface area contributed by atoms with Crippen LogP contribution in [0.2, 0.25) is 0 Å². The van der Waals surface area contributed by atoms with Crippen LogP contribution in [0.15, 0.2) is 18.2 Å². The van der Waals surface area contributed by atoms with E-state index in [4.69, 9.17) is 4.74 Å². The molecular formula is C15H19F3N2O2. The van der Waals surface area contributed by atoms with E-state index in [9.17, 15) is 18.0 Å². The smallest absolute Gasteiger partial charge is 0.412 e. The van der Waals surface area contributed by atoms with Crippen molar-refractivity contribution in [1.82, 2.24) is 5.32 Å². The molecule has 0 saturated carbocycles. The summed E-state index contributed by atoms with van der Waals surface area (Å²) in [6.45, 7) is 5.36. The van der Waals surface area contributed by atoms with Gasteiger partial charge in [0, 0.05) is 12.2 Å². The normalized spacial score (nSPS) is 18.5. The Balaban J connectivity index is 2.27. The van der Waals surface area contributed by atoms with Gasteiger partial charge in [-0.15, -0.1) is 0 Å². The fraction of sp³-hybridized carbons (Fsp3) is 0.533. The summed E-state index contributed by atoms with van der Waals surface area (Å²) in [7, 11) is 0. The number of carbonyl (C=O) groups is 1. The quantitative estimate of drug-likeness (QED) is 0.829. The molecule has 0 spiro atoms. The molecule has 1 unspecified atom stereocenters. The van der Waals surface area contributed by atoms with Crippen LogP contribution in [-0.2, 0) is 11.2 Å². The number of ether oxygens (including phenoxy) is 1. The summed E-state index contributed by atoms with van der Waals surface area (Å²) in [5, 5.41) is 5.01. The van der Waals surface area contributed by atoms with Crippen molar-refractivity contribution < 1.29 is 22.7 Å². The molecule has 0 aromatic heterocycles. The van der Waals surface area contributed by atoms with Crippen molar-refractivity contribution in [3.63, 3.8) is 0 Å². The van der Waals surface area contributed by atoms with Gasteiger partial charge in [-0.3, -0.25) is 5.32 Å². The number of benzene rings is 1. The summed E-state index contributed by atoms with van der Waals surface area (Å²) in [5.41, 5.74) is 0.332. The molecule has 1 aromatic carbocycles. The van der Waals surface area contributed by atoms with E-state index in [1.165, 1.54) is 12.1 Å². The number of alkyl halides is 3. The largest absolute Gasteiger partial charge is 0.444 e. The van der Waals surface area contributed by atoms with Gasteiger partial charge in [-0.1, -0.05) is 12.1 Å². The number of amides is 1. The van der Waals surface area contributed by atoms with Crippen LogP contribution >= 0.6 is 0 Å². The number of nitrogens with one attached hydrogen (secondary N) is 2. The second-order valence-corrected chi connectivity index (χ2v) is 6.18. The van der Waals surface area contributed by atoms with E-state index < -0.39 is 23.9 Å². The Bertz CT molecular complexity index is 565. The number of halogens is 3. The Kier molecular flexibility index (Phi) is 4.37. The highest BCUT2D eigenvalue weighted by Gasteiger charge is 2.43. The van der Waals surface area contributed by atoms with Gasteiger partial charge in [0.15, 0.2) is 0 Å². The molecule has 1 heterocycles. The predicted octanol–water partition coefficient (Wildman–Crippen LogP) is 3.78. The summed E-state index contributed by atoms with van der Waals surface area (Å²) in [6.07, 6.45) is -4.64. The minimum atomic E-state index is -4.38. The van der Waals surface area contributed by atoms with Gasteiger partial charge in [-0.05, 0) is 44.4 Å². The van der Waals surface area contributed by atoms with E-state index in [-0.39, 0.29) is 12.1 Å². The minimum absolute atomic E-state index is 0.146. The lowest BCUT2D eigenvalue weighted by Crippen LogP contribution is -2.39. The van der Waals surface area contributed by atoms with Gasteiger partial charge in [0.05, 0.1) is 0 Å². The molecule has 1 aromatic rings. The molecule has 7 heteroatoms. The van der Waals surface area contributed by atoms with E-state index in [1.54, 1.807) is 26.8 Å². The van der Waals surface area contributed by atoms with Crippen LogP contribution in [0, 0.1) is 0 Å². The molecule has 2 N–H and O–H groups in total. The average molecular weight is 316 g/mol. The summed E-state index contributed by atoms with van der Waals surface area (Å²) in [6, 6.07) is 2.80. The van der Waals surface area contributed by atoms with Crippen LogP contribution < -0.4 is 10.6 Å². The van der Waals surface area contributed by atoms with E-state index in [2.05, 4.69) is 10.6 Å². The second-order valence-electron chi connectivity index (χ2n) is 6.18. The van der Waals surface area contributed by atoms with Crippen LogP contribution in [0.25, 0.3) is 0 Å². The summed E-state index contributed by atoms with van der Waals surface area (Å²) >= 11 is 0. The molecular weight excluding hydrogens is 297 g/mol. The van der Waals surface area contributed by atoms with Gasteiger partial charge in [0.1, 0.15) is 11.6 Å². The van der Waals surface area contributed by atoms with Crippen LogP contribution in [0.5, 0.6) is 0 Å². The minimum Gasteiger partial charge on any atom is -0.444 e. The standard InChI is InChI=1S/C15H19F3N2O2/c1-14(2,3)22-13(21)20-11-6-4-5-10-9(11)7-8-19-12(10)15(16,17)18/h4-6,12,19H,7-8H2,1-3H3,(H,20,21). The topological polar surface area (TPSA) is 50.4 Å². The molecule has 1 amide bonds. The van der Waals surface area contributed by atoms with Crippen molar-refractivity contribution in [3.05, 3.63) is 29.3 Å². The lowest BCUT2D eigenvalue weighted by Gasteiger charge is -2.30. The Morgan fingerprint density at radius 1 is 1.32 bits per heavy atom. The zero-order valence-electron chi connectivity index (χ0n) is 12.7. The fourth-order valence-corrected chi connectivity index (χ4v) is 2.43. The summed E-state index contributed by atoms with van der Waals surface area (Å²) in [4.78, 5) is 11.8. The number of rotatable bonds is 1. The molecule has 0 saturated heterocycles. The van der Waals surface area contributed by atoms with Crippen LogP contribution in [0.3, 0.4) is 0 Å². The van der Waals surface area contributed by atoms with Crippen LogP contribution in [0.1, 0.15) is 37.9 Å². The zero-order chi connectivity index (χ0) is 16.5. The first-order valence-electron chi connectivity index (χ1n) is 7.00. The molecule has 0 aliphatic carbocycles. The molecule has 1 atom stereocenters. The van der Waals surface area contributed by atoms with Gasteiger partial charge in [-0.2, -0.15) is 13.2 Å². The van der Waals surface area contributed by atoms with E-state index in [0.717, 1.165) is 0 Å². The highest BCUT2D eigenvalue weighted by Crippen LogP contribution is 2.38. The fourth-order valence-electron chi connectivity index (χ4n) is 2.43. The van der Waals surface area contributed by atoms with Gasteiger partial charge < -0.3 is 10.1 Å². The number of hydrogen-bond donors (Lipinski definition) is 2. The predicted molar refractivity (Wildman–Crippen MR) is 76.8 cm³/mol. The van der Waals surface area contributed by atoms with Crippen LogP contribution in [0.4, 0.5) is 23.7 Å². The van der Waals surface area contributed by atoms with Gasteiger partial charge in [-0.25, -0.2) is 4.79 Å². The molecule has 1 aliphatic rings. The molecule has 0 bridgehead atoms. The van der Waals surface area contributed by atoms with Crippen molar-refractivity contribution in [2.75, 3.05) is 11.9 Å². The maximum atomic E-state index is 13.1. The first kappa shape index (κ1) is 16.6. The Labute approximate surface area is 127 Å². The maximum absolute atomic E-state index is 13.1. The molecule has 122 valence electrons. The number of anilines is 1. The van der Waals surface area contributed by atoms with Gasteiger partial charge in [0.25, 0.3) is 0 Å². The van der Waals surface area contributed by atoms with Gasteiger partial charge in [0.2, 0.25) is 0 Å². The number of hydrogen-bond acceptors (Lipinski definition) is 3. The molecule has 1 aliphatic heterocycles. The molecule has 22 heavy (non-hydrogen) atoms. The van der Waals surface area contributed by atoms with Crippen molar-refractivity contribution >= 4 is 11.8 Å². The zero-order valence-corrected chi connectivity index (χ0v) is 12.7. The van der Waals surface area contributed by atoms with E-state index in [0.29, 0.717) is 17.7 Å². The molecule has 0 fully saturated rings. The molecule has 0 radical (unpaired) electrons. The summed E-state index contributed by atoms with van der Waals surface area (Å²) < 4.78 is 44.3. The Morgan fingerprint density at radius 2 is 2.00 bits per heavy atom. The number of fused-ring (bicyclic) bond motifs is 1. The summed E-state index contributed by atoms with van der Waals surface area (Å²) in [5.74, 6) is 0. The Morgan fingerprint density at radius 3 is 2.59 bits per heavy atom. The van der Waals surface area contributed by atoms with Crippen LogP contribution in [-0.4, -0.2) is 24.4 Å². The third-order valence-corrected chi connectivity index (χ3v) is 3.21. The second kappa shape index (κ2) is 5.79. The molecule has 2 rings (SSSR count).